The van der Waals surface area contributed by atoms with Crippen LogP contribution in [0.15, 0.2) is 18.2 Å². The predicted molar refractivity (Wildman–Crippen MR) is 134 cm³/mol. The van der Waals surface area contributed by atoms with Crippen LogP contribution in [-0.2, 0) is 0 Å². The first-order chi connectivity index (χ1) is 14.9. The van der Waals surface area contributed by atoms with Gasteiger partial charge in [0.15, 0.2) is 11.6 Å². The zero-order valence-corrected chi connectivity index (χ0v) is 21.7. The van der Waals surface area contributed by atoms with Gasteiger partial charge in [0.1, 0.15) is 0 Å². The van der Waals surface area contributed by atoms with E-state index in [1.54, 1.807) is 0 Å². The van der Waals surface area contributed by atoms with Crippen molar-refractivity contribution in [3.63, 3.8) is 0 Å². The Morgan fingerprint density at radius 2 is 1.16 bits per heavy atom. The monoisotopic (exact) mass is 438 g/mol. The van der Waals surface area contributed by atoms with E-state index < -0.39 is 0 Å². The van der Waals surface area contributed by atoms with Crippen LogP contribution in [0.4, 0.5) is 0 Å². The van der Waals surface area contributed by atoms with Gasteiger partial charge in [-0.15, -0.1) is 0 Å². The highest BCUT2D eigenvalue weighted by Gasteiger charge is 2.34. The van der Waals surface area contributed by atoms with E-state index in [0.717, 1.165) is 42.4 Å². The molecule has 2 saturated carbocycles. The summed E-state index contributed by atoms with van der Waals surface area (Å²) in [5.74, 6) is 4.16. The smallest absolute Gasteiger partial charge is 0.163 e. The Morgan fingerprint density at radius 1 is 0.719 bits per heavy atom. The molecule has 0 spiro atoms. The number of rotatable bonds is 6. The molecule has 0 saturated heterocycles. The maximum atomic E-state index is 13.3. The van der Waals surface area contributed by atoms with Crippen molar-refractivity contribution in [1.82, 2.24) is 0 Å². The highest BCUT2D eigenvalue weighted by molar-refractivity contribution is 6.01. The summed E-state index contributed by atoms with van der Waals surface area (Å²) in [5.41, 5.74) is 2.80. The van der Waals surface area contributed by atoms with E-state index in [1.165, 1.54) is 12.8 Å². The van der Waals surface area contributed by atoms with Gasteiger partial charge in [-0.25, -0.2) is 0 Å². The van der Waals surface area contributed by atoms with Gasteiger partial charge in [0.05, 0.1) is 0 Å². The van der Waals surface area contributed by atoms with Gasteiger partial charge < -0.3 is 0 Å². The van der Waals surface area contributed by atoms with Gasteiger partial charge >= 0.3 is 0 Å². The van der Waals surface area contributed by atoms with Crippen LogP contribution in [0, 0.1) is 47.8 Å². The molecule has 0 N–H and O–H groups in total. The van der Waals surface area contributed by atoms with Crippen molar-refractivity contribution in [1.29, 1.82) is 0 Å². The van der Waals surface area contributed by atoms with Crippen LogP contribution in [0.2, 0.25) is 0 Å². The van der Waals surface area contributed by atoms with Crippen LogP contribution in [0.25, 0.3) is 0 Å². The second kappa shape index (κ2) is 10.2. The highest BCUT2D eigenvalue weighted by Crippen LogP contribution is 2.44. The third-order valence-electron chi connectivity index (χ3n) is 8.21. The minimum absolute atomic E-state index is 0.216. The fraction of sp³-hybridized carbons (Fsp3) is 0.733. The first-order valence-electron chi connectivity index (χ1n) is 13.1. The van der Waals surface area contributed by atoms with Gasteiger partial charge in [0.25, 0.3) is 0 Å². The molecule has 0 amide bonds. The fourth-order valence-electron chi connectivity index (χ4n) is 6.77. The molecule has 32 heavy (non-hydrogen) atoms. The highest BCUT2D eigenvalue weighted by atomic mass is 16.1. The standard InChI is InChI=1S/C30H46O2/c1-19-8-20(2)10-23(9-19)16-28(31)25-12-22(4)13-26(18-25)29(32)17-24-11-21(3)14-27(15-24)30(5,6)7/h12-13,18-21,23-24,27H,8-11,14-17H2,1-7H3. The summed E-state index contributed by atoms with van der Waals surface area (Å²) in [7, 11) is 0. The zero-order chi connectivity index (χ0) is 23.6. The molecule has 3 rings (SSSR count). The van der Waals surface area contributed by atoms with E-state index in [-0.39, 0.29) is 11.6 Å². The summed E-state index contributed by atoms with van der Waals surface area (Å²) in [6.07, 6.45) is 8.40. The molecule has 2 fully saturated rings. The minimum Gasteiger partial charge on any atom is -0.294 e. The Labute approximate surface area is 197 Å². The van der Waals surface area contributed by atoms with Crippen molar-refractivity contribution >= 4 is 11.6 Å². The first kappa shape index (κ1) is 25.2. The van der Waals surface area contributed by atoms with Crippen molar-refractivity contribution in [3.05, 3.63) is 34.9 Å². The second-order valence-electron chi connectivity index (χ2n) is 12.9. The Bertz CT molecular complexity index is 805. The largest absolute Gasteiger partial charge is 0.294 e. The van der Waals surface area contributed by atoms with Crippen LogP contribution < -0.4 is 0 Å². The molecule has 1 aromatic carbocycles. The van der Waals surface area contributed by atoms with Gasteiger partial charge in [0, 0.05) is 24.0 Å². The molecule has 5 unspecified atom stereocenters. The van der Waals surface area contributed by atoms with Crippen molar-refractivity contribution in [2.75, 3.05) is 0 Å². The number of hydrogen-bond acceptors (Lipinski definition) is 2. The molecular formula is C30H46O2. The first-order valence-corrected chi connectivity index (χ1v) is 13.1. The van der Waals surface area contributed by atoms with Crippen LogP contribution in [0.3, 0.4) is 0 Å². The number of carbonyl (C=O) groups excluding carboxylic acids is 2. The van der Waals surface area contributed by atoms with E-state index in [1.807, 2.05) is 25.1 Å². The minimum atomic E-state index is 0.216. The van der Waals surface area contributed by atoms with Gasteiger partial charge in [-0.3, -0.25) is 9.59 Å². The molecule has 0 radical (unpaired) electrons. The summed E-state index contributed by atoms with van der Waals surface area (Å²) in [6.45, 7) is 16.0. The number of benzene rings is 1. The lowest BCUT2D eigenvalue weighted by Crippen LogP contribution is -2.31. The van der Waals surface area contributed by atoms with Crippen LogP contribution >= 0.6 is 0 Å². The summed E-state index contributed by atoms with van der Waals surface area (Å²) in [5, 5.41) is 0. The average molecular weight is 439 g/mol. The average Bonchev–Trinajstić information content (AvgIpc) is 2.65. The molecule has 2 aliphatic rings. The van der Waals surface area contributed by atoms with Crippen molar-refractivity contribution < 1.29 is 9.59 Å². The molecule has 0 aromatic heterocycles. The SMILES string of the molecule is Cc1cc(C(=O)CC2CC(C)CC(C)C2)cc(C(=O)CC2CC(C)CC(C(C)(C)C)C2)c1. The predicted octanol–water partition coefficient (Wildman–Crippen LogP) is 8.31. The van der Waals surface area contributed by atoms with Gasteiger partial charge in [-0.05, 0) is 110 Å². The topological polar surface area (TPSA) is 34.1 Å². The summed E-state index contributed by atoms with van der Waals surface area (Å²) < 4.78 is 0. The summed E-state index contributed by atoms with van der Waals surface area (Å²) >= 11 is 0. The molecule has 2 nitrogen and oxygen atoms in total. The van der Waals surface area contributed by atoms with Crippen LogP contribution in [0.1, 0.15) is 119 Å². The molecule has 1 aromatic rings. The number of carbonyl (C=O) groups is 2. The maximum Gasteiger partial charge on any atom is 0.163 e. The van der Waals surface area contributed by atoms with Crippen molar-refractivity contribution in [3.8, 4) is 0 Å². The summed E-state index contributed by atoms with van der Waals surface area (Å²) in [6, 6.07) is 5.85. The molecule has 178 valence electrons. The second-order valence-corrected chi connectivity index (χ2v) is 12.9. The quantitative estimate of drug-likeness (QED) is 0.418. The molecule has 0 bridgehead atoms. The van der Waals surface area contributed by atoms with E-state index in [9.17, 15) is 9.59 Å². The molecule has 0 heterocycles. The van der Waals surface area contributed by atoms with E-state index in [2.05, 4.69) is 41.5 Å². The Kier molecular flexibility index (Phi) is 8.05. The lowest BCUT2D eigenvalue weighted by molar-refractivity contribution is 0.0822. The number of ketones is 2. The lowest BCUT2D eigenvalue weighted by atomic mass is 9.65. The molecule has 2 aliphatic carbocycles. The molecule has 2 heteroatoms. The van der Waals surface area contributed by atoms with E-state index >= 15 is 0 Å². The normalized spacial score (nSPS) is 31.3. The van der Waals surface area contributed by atoms with Crippen molar-refractivity contribution in [2.45, 2.75) is 99.8 Å². The van der Waals surface area contributed by atoms with Crippen LogP contribution in [-0.4, -0.2) is 11.6 Å². The fourth-order valence-corrected chi connectivity index (χ4v) is 6.77. The third-order valence-corrected chi connectivity index (χ3v) is 8.21. The van der Waals surface area contributed by atoms with E-state index in [0.29, 0.717) is 53.8 Å². The molecule has 5 atom stereocenters. The number of hydrogen-bond donors (Lipinski definition) is 0. The molecular weight excluding hydrogens is 392 g/mol. The number of aryl methyl sites for hydroxylation is 1. The Morgan fingerprint density at radius 3 is 1.62 bits per heavy atom. The van der Waals surface area contributed by atoms with Gasteiger partial charge in [-0.2, -0.15) is 0 Å². The molecule has 0 aliphatic heterocycles. The number of Topliss-reactive ketones (excluding diaryl/α,β-unsaturated/α-hetero) is 2. The summed E-state index contributed by atoms with van der Waals surface area (Å²) in [4.78, 5) is 26.4. The van der Waals surface area contributed by atoms with Gasteiger partial charge in [-0.1, -0.05) is 41.5 Å². The van der Waals surface area contributed by atoms with Crippen molar-refractivity contribution in [2.24, 2.45) is 40.9 Å². The maximum absolute atomic E-state index is 13.3. The van der Waals surface area contributed by atoms with E-state index in [4.69, 9.17) is 0 Å². The van der Waals surface area contributed by atoms with Gasteiger partial charge in [0.2, 0.25) is 0 Å². The Hall–Kier alpha value is -1.44. The third kappa shape index (κ3) is 6.78. The zero-order valence-electron chi connectivity index (χ0n) is 21.7. The Balaban J connectivity index is 1.68. The van der Waals surface area contributed by atoms with Crippen LogP contribution in [0.5, 0.6) is 0 Å². The lowest BCUT2D eigenvalue weighted by Gasteiger charge is -2.40.